The molecular weight excluding hydrogens is 318 g/mol. The van der Waals surface area contributed by atoms with Crippen LogP contribution in [0.5, 0.6) is 5.75 Å². The van der Waals surface area contributed by atoms with Crippen molar-refractivity contribution in [1.29, 1.82) is 0 Å². The van der Waals surface area contributed by atoms with Crippen LogP contribution in [-0.4, -0.2) is 17.9 Å². The summed E-state index contributed by atoms with van der Waals surface area (Å²) in [5, 5.41) is 0. The maximum Gasteiger partial charge on any atom is 0.185 e. The van der Waals surface area contributed by atoms with Crippen molar-refractivity contribution in [2.45, 2.75) is 20.3 Å². The van der Waals surface area contributed by atoms with E-state index in [2.05, 4.69) is 20.9 Å². The lowest BCUT2D eigenvalue weighted by Gasteiger charge is -2.07. The molecule has 4 heteroatoms. The molecule has 0 N–H and O–H groups in total. The zero-order chi connectivity index (χ0) is 14.7. The fraction of sp³-hybridized carbons (Fsp3) is 0.250. The Hall–Kier alpha value is -1.68. The fourth-order valence-electron chi connectivity index (χ4n) is 2.10. The van der Waals surface area contributed by atoms with Crippen LogP contribution < -0.4 is 4.74 Å². The molecular formula is C16H16BrNO2. The molecule has 0 spiro atoms. The number of benzene rings is 1. The monoisotopic (exact) mass is 333 g/mol. The molecule has 0 amide bonds. The van der Waals surface area contributed by atoms with Gasteiger partial charge in [-0.25, -0.2) is 0 Å². The van der Waals surface area contributed by atoms with E-state index in [4.69, 9.17) is 4.74 Å². The molecule has 0 radical (unpaired) electrons. The lowest BCUT2D eigenvalue weighted by atomic mass is 10.0. The summed E-state index contributed by atoms with van der Waals surface area (Å²) in [5.41, 5.74) is 3.46. The number of pyridine rings is 1. The van der Waals surface area contributed by atoms with Gasteiger partial charge < -0.3 is 4.74 Å². The van der Waals surface area contributed by atoms with Crippen molar-refractivity contribution in [2.75, 3.05) is 7.11 Å². The first-order chi connectivity index (χ1) is 9.51. The highest BCUT2D eigenvalue weighted by Gasteiger charge is 2.12. The molecule has 0 bridgehead atoms. The van der Waals surface area contributed by atoms with E-state index in [1.807, 2.05) is 38.1 Å². The summed E-state index contributed by atoms with van der Waals surface area (Å²) in [5.74, 6) is 0.783. The predicted octanol–water partition coefficient (Wildman–Crippen LogP) is 3.89. The van der Waals surface area contributed by atoms with E-state index in [1.165, 1.54) is 0 Å². The van der Waals surface area contributed by atoms with Crippen LogP contribution >= 0.6 is 15.9 Å². The number of rotatable bonds is 4. The highest BCUT2D eigenvalue weighted by Crippen LogP contribution is 2.26. The molecule has 0 saturated carbocycles. The number of carbonyl (C=O) groups is 1. The summed E-state index contributed by atoms with van der Waals surface area (Å²) in [7, 11) is 1.62. The molecule has 20 heavy (non-hydrogen) atoms. The number of hydrogen-bond acceptors (Lipinski definition) is 3. The molecule has 1 aromatic heterocycles. The van der Waals surface area contributed by atoms with Crippen molar-refractivity contribution in [3.63, 3.8) is 0 Å². The summed E-state index contributed by atoms with van der Waals surface area (Å²) >= 11 is 3.43. The first kappa shape index (κ1) is 14.7. The van der Waals surface area contributed by atoms with Gasteiger partial charge in [0.25, 0.3) is 0 Å². The lowest BCUT2D eigenvalue weighted by Crippen LogP contribution is -2.08. The highest BCUT2D eigenvalue weighted by atomic mass is 79.9. The third-order valence-corrected chi connectivity index (χ3v) is 3.68. The van der Waals surface area contributed by atoms with E-state index >= 15 is 0 Å². The smallest absolute Gasteiger partial charge is 0.185 e. The quantitative estimate of drug-likeness (QED) is 0.796. The molecule has 0 unspecified atom stereocenters. The van der Waals surface area contributed by atoms with Gasteiger partial charge in [0.2, 0.25) is 0 Å². The molecule has 2 aromatic rings. The average Bonchev–Trinajstić information content (AvgIpc) is 2.38. The second kappa shape index (κ2) is 6.18. The number of carbonyl (C=O) groups excluding carboxylic acids is 1. The van der Waals surface area contributed by atoms with Crippen LogP contribution in [0.1, 0.15) is 27.2 Å². The van der Waals surface area contributed by atoms with Gasteiger partial charge in [0.15, 0.2) is 5.78 Å². The number of nitrogens with zero attached hydrogens (tertiary/aromatic N) is 1. The second-order valence-electron chi connectivity index (χ2n) is 4.75. The summed E-state index contributed by atoms with van der Waals surface area (Å²) in [6.07, 6.45) is 2.06. The number of hydrogen-bond donors (Lipinski definition) is 0. The molecule has 0 aliphatic rings. The Morgan fingerprint density at radius 3 is 2.65 bits per heavy atom. The number of methoxy groups -OCH3 is 1. The van der Waals surface area contributed by atoms with Crippen molar-refractivity contribution >= 4 is 21.7 Å². The Morgan fingerprint density at radius 2 is 2.05 bits per heavy atom. The minimum atomic E-state index is 0.0274. The van der Waals surface area contributed by atoms with Crippen molar-refractivity contribution in [3.05, 3.63) is 57.3 Å². The molecule has 0 atom stereocenters. The molecule has 3 nitrogen and oxygen atoms in total. The first-order valence-electron chi connectivity index (χ1n) is 6.30. The standard InChI is InChI=1S/C16H16BrNO2/c1-10-6-11(2)16(18-9-10)14(19)8-12-4-5-15(20-3)13(17)7-12/h4-7,9H,8H2,1-3H3. The van der Waals surface area contributed by atoms with Gasteiger partial charge >= 0.3 is 0 Å². The van der Waals surface area contributed by atoms with Crippen LogP contribution in [-0.2, 0) is 6.42 Å². The molecule has 1 aromatic carbocycles. The van der Waals surface area contributed by atoms with Crippen molar-refractivity contribution in [2.24, 2.45) is 0 Å². The zero-order valence-corrected chi connectivity index (χ0v) is 13.3. The van der Waals surface area contributed by atoms with Crippen LogP contribution in [0.25, 0.3) is 0 Å². The van der Waals surface area contributed by atoms with E-state index in [0.29, 0.717) is 12.1 Å². The number of ketones is 1. The SMILES string of the molecule is COc1ccc(CC(=O)c2ncc(C)cc2C)cc1Br. The molecule has 0 aliphatic heterocycles. The van der Waals surface area contributed by atoms with Crippen LogP contribution in [0.3, 0.4) is 0 Å². The van der Waals surface area contributed by atoms with Gasteiger partial charge in [-0.3, -0.25) is 9.78 Å². The van der Waals surface area contributed by atoms with Gasteiger partial charge in [-0.15, -0.1) is 0 Å². The highest BCUT2D eigenvalue weighted by molar-refractivity contribution is 9.10. The zero-order valence-electron chi connectivity index (χ0n) is 11.7. The van der Waals surface area contributed by atoms with Crippen molar-refractivity contribution < 1.29 is 9.53 Å². The number of ether oxygens (including phenoxy) is 1. The number of aromatic nitrogens is 1. The Labute approximate surface area is 127 Å². The van der Waals surface area contributed by atoms with Gasteiger partial charge in [-0.1, -0.05) is 12.1 Å². The van der Waals surface area contributed by atoms with E-state index in [9.17, 15) is 4.79 Å². The molecule has 104 valence electrons. The maximum absolute atomic E-state index is 12.3. The third kappa shape index (κ3) is 3.25. The van der Waals surface area contributed by atoms with Gasteiger partial charge in [0, 0.05) is 12.6 Å². The summed E-state index contributed by atoms with van der Waals surface area (Å²) in [6, 6.07) is 7.62. The Kier molecular flexibility index (Phi) is 4.55. The van der Waals surface area contributed by atoms with Gasteiger partial charge in [0.05, 0.1) is 11.6 Å². The van der Waals surface area contributed by atoms with Gasteiger partial charge in [0.1, 0.15) is 11.4 Å². The van der Waals surface area contributed by atoms with Gasteiger partial charge in [-0.05, 0) is 58.6 Å². The van der Waals surface area contributed by atoms with E-state index in [1.54, 1.807) is 13.3 Å². The average molecular weight is 334 g/mol. The van der Waals surface area contributed by atoms with E-state index in [-0.39, 0.29) is 5.78 Å². The predicted molar refractivity (Wildman–Crippen MR) is 82.4 cm³/mol. The Morgan fingerprint density at radius 1 is 1.30 bits per heavy atom. The molecule has 0 aliphatic carbocycles. The number of halogens is 1. The largest absolute Gasteiger partial charge is 0.496 e. The number of Topliss-reactive ketones (excluding diaryl/α,β-unsaturated/α-hetero) is 1. The first-order valence-corrected chi connectivity index (χ1v) is 7.09. The maximum atomic E-state index is 12.3. The van der Waals surface area contributed by atoms with Crippen LogP contribution in [0.2, 0.25) is 0 Å². The van der Waals surface area contributed by atoms with Crippen molar-refractivity contribution in [3.8, 4) is 5.75 Å². The van der Waals surface area contributed by atoms with Crippen LogP contribution in [0.4, 0.5) is 0 Å². The topological polar surface area (TPSA) is 39.2 Å². The molecule has 2 rings (SSSR count). The van der Waals surface area contributed by atoms with Crippen molar-refractivity contribution in [1.82, 2.24) is 4.98 Å². The normalized spacial score (nSPS) is 10.4. The summed E-state index contributed by atoms with van der Waals surface area (Å²) in [6.45, 7) is 3.88. The second-order valence-corrected chi connectivity index (χ2v) is 5.60. The summed E-state index contributed by atoms with van der Waals surface area (Å²) in [4.78, 5) is 16.5. The molecule has 0 fully saturated rings. The minimum absolute atomic E-state index is 0.0274. The van der Waals surface area contributed by atoms with Gasteiger partial charge in [-0.2, -0.15) is 0 Å². The summed E-state index contributed by atoms with van der Waals surface area (Å²) < 4.78 is 6.02. The fourth-order valence-corrected chi connectivity index (χ4v) is 2.68. The minimum Gasteiger partial charge on any atom is -0.496 e. The molecule has 1 heterocycles. The Bertz CT molecular complexity index is 653. The number of aryl methyl sites for hydroxylation is 2. The third-order valence-electron chi connectivity index (χ3n) is 3.06. The van der Waals surface area contributed by atoms with E-state index < -0.39 is 0 Å². The molecule has 0 saturated heterocycles. The van der Waals surface area contributed by atoms with Crippen LogP contribution in [0.15, 0.2) is 34.9 Å². The van der Waals surface area contributed by atoms with E-state index in [0.717, 1.165) is 26.9 Å². The Balaban J connectivity index is 2.21. The lowest BCUT2D eigenvalue weighted by molar-refractivity contribution is 0.0987. The van der Waals surface area contributed by atoms with Crippen LogP contribution in [0, 0.1) is 13.8 Å².